The SMILES string of the molecule is Cn1c(=O)n(CCC(C)(C)O)c2cc(Nc3nc(N4CCC(O)C(F)C4)ncc3Cl)ccc21. The summed E-state index contributed by atoms with van der Waals surface area (Å²) >= 11 is 6.31. The molecule has 3 aromatic rings. The summed E-state index contributed by atoms with van der Waals surface area (Å²) in [7, 11) is 1.71. The van der Waals surface area contributed by atoms with Crippen LogP contribution in [0, 0.1) is 0 Å². The molecule has 0 radical (unpaired) electrons. The molecular formula is C22H28ClFN6O3. The molecule has 1 aromatic carbocycles. The first-order valence-electron chi connectivity index (χ1n) is 10.8. The molecule has 2 atom stereocenters. The summed E-state index contributed by atoms with van der Waals surface area (Å²) in [4.78, 5) is 23.1. The molecule has 0 amide bonds. The number of anilines is 3. The van der Waals surface area contributed by atoms with Gasteiger partial charge in [0.05, 0.1) is 35.5 Å². The fraction of sp³-hybridized carbons (Fsp3) is 0.500. The number of aromatic nitrogens is 4. The summed E-state index contributed by atoms with van der Waals surface area (Å²) in [5, 5.41) is 23.2. The number of halogens is 2. The van der Waals surface area contributed by atoms with Gasteiger partial charge in [0, 0.05) is 25.8 Å². The normalized spacial score (nSPS) is 19.3. The van der Waals surface area contributed by atoms with Gasteiger partial charge in [0.1, 0.15) is 11.2 Å². The van der Waals surface area contributed by atoms with E-state index in [9.17, 15) is 19.4 Å². The van der Waals surface area contributed by atoms with Crippen LogP contribution < -0.4 is 15.9 Å². The van der Waals surface area contributed by atoms with E-state index in [4.69, 9.17) is 11.6 Å². The average molecular weight is 479 g/mol. The maximum Gasteiger partial charge on any atom is 0.328 e. The number of rotatable bonds is 6. The number of hydrogen-bond donors (Lipinski definition) is 3. The Balaban J connectivity index is 1.63. The lowest BCUT2D eigenvalue weighted by Crippen LogP contribution is -2.45. The lowest BCUT2D eigenvalue weighted by molar-refractivity contribution is 0.0611. The maximum atomic E-state index is 14.0. The molecule has 1 fully saturated rings. The minimum absolute atomic E-state index is 0.00565. The number of aliphatic hydroxyl groups excluding tert-OH is 1. The Morgan fingerprint density at radius 1 is 1.33 bits per heavy atom. The number of aliphatic hydroxyl groups is 2. The largest absolute Gasteiger partial charge is 0.390 e. The zero-order chi connectivity index (χ0) is 23.9. The first-order chi connectivity index (χ1) is 15.5. The quantitative estimate of drug-likeness (QED) is 0.499. The Morgan fingerprint density at radius 3 is 2.79 bits per heavy atom. The van der Waals surface area contributed by atoms with Gasteiger partial charge in [-0.3, -0.25) is 9.13 Å². The number of aryl methyl sites for hydroxylation is 2. The number of nitrogens with one attached hydrogen (secondary N) is 1. The zero-order valence-electron chi connectivity index (χ0n) is 18.8. The highest BCUT2D eigenvalue weighted by molar-refractivity contribution is 6.32. The Bertz CT molecular complexity index is 1220. The highest BCUT2D eigenvalue weighted by Crippen LogP contribution is 2.28. The van der Waals surface area contributed by atoms with E-state index in [1.54, 1.807) is 34.9 Å². The van der Waals surface area contributed by atoms with Gasteiger partial charge >= 0.3 is 5.69 Å². The lowest BCUT2D eigenvalue weighted by atomic mass is 10.1. The van der Waals surface area contributed by atoms with Gasteiger partial charge in [-0.1, -0.05) is 11.6 Å². The number of nitrogens with zero attached hydrogens (tertiary/aromatic N) is 5. The Kier molecular flexibility index (Phi) is 6.35. The van der Waals surface area contributed by atoms with Crippen molar-refractivity contribution in [3.8, 4) is 0 Å². The number of imidazole rings is 1. The topological polar surface area (TPSA) is 108 Å². The van der Waals surface area contributed by atoms with Crippen molar-refractivity contribution >= 4 is 40.1 Å². The van der Waals surface area contributed by atoms with Crippen LogP contribution in [0.1, 0.15) is 26.7 Å². The predicted molar refractivity (Wildman–Crippen MR) is 126 cm³/mol. The number of alkyl halides is 1. The third kappa shape index (κ3) is 4.97. The van der Waals surface area contributed by atoms with Gasteiger partial charge in [-0.05, 0) is 44.9 Å². The van der Waals surface area contributed by atoms with E-state index >= 15 is 0 Å². The molecule has 1 aliphatic heterocycles. The van der Waals surface area contributed by atoms with E-state index in [-0.39, 0.29) is 12.2 Å². The molecular weight excluding hydrogens is 451 g/mol. The molecule has 3 N–H and O–H groups in total. The third-order valence-corrected chi connectivity index (χ3v) is 6.15. The van der Waals surface area contributed by atoms with Gasteiger partial charge < -0.3 is 20.4 Å². The van der Waals surface area contributed by atoms with E-state index in [1.165, 1.54) is 6.20 Å². The van der Waals surface area contributed by atoms with Crippen molar-refractivity contribution in [3.63, 3.8) is 0 Å². The number of benzene rings is 1. The molecule has 2 unspecified atom stereocenters. The maximum absolute atomic E-state index is 14.0. The molecule has 178 valence electrons. The third-order valence-electron chi connectivity index (χ3n) is 5.88. The minimum Gasteiger partial charge on any atom is -0.390 e. The summed E-state index contributed by atoms with van der Waals surface area (Å²) in [5.74, 6) is 0.670. The average Bonchev–Trinajstić information content (AvgIpc) is 2.99. The molecule has 0 saturated carbocycles. The Labute approximate surface area is 195 Å². The molecule has 3 heterocycles. The predicted octanol–water partition coefficient (Wildman–Crippen LogP) is 2.60. The van der Waals surface area contributed by atoms with Crippen molar-refractivity contribution in [1.82, 2.24) is 19.1 Å². The molecule has 11 heteroatoms. The van der Waals surface area contributed by atoms with E-state index < -0.39 is 17.9 Å². The number of piperidine rings is 1. The monoisotopic (exact) mass is 478 g/mol. The van der Waals surface area contributed by atoms with Crippen LogP contribution in [0.5, 0.6) is 0 Å². The van der Waals surface area contributed by atoms with Crippen LogP contribution >= 0.6 is 11.6 Å². The van der Waals surface area contributed by atoms with Gasteiger partial charge in [-0.15, -0.1) is 0 Å². The molecule has 0 bridgehead atoms. The van der Waals surface area contributed by atoms with Crippen LogP contribution in [-0.4, -0.2) is 60.3 Å². The smallest absolute Gasteiger partial charge is 0.328 e. The van der Waals surface area contributed by atoms with Crippen LogP contribution in [0.2, 0.25) is 5.02 Å². The van der Waals surface area contributed by atoms with Crippen molar-refractivity contribution < 1.29 is 14.6 Å². The minimum atomic E-state index is -1.37. The van der Waals surface area contributed by atoms with Crippen LogP contribution in [0.25, 0.3) is 11.0 Å². The molecule has 2 aromatic heterocycles. The van der Waals surface area contributed by atoms with Crippen molar-refractivity contribution in [1.29, 1.82) is 0 Å². The van der Waals surface area contributed by atoms with Crippen LogP contribution in [0.3, 0.4) is 0 Å². The lowest BCUT2D eigenvalue weighted by Gasteiger charge is -2.32. The van der Waals surface area contributed by atoms with E-state index in [0.29, 0.717) is 53.9 Å². The highest BCUT2D eigenvalue weighted by atomic mass is 35.5. The summed E-state index contributed by atoms with van der Waals surface area (Å²) in [6, 6.07) is 5.47. The molecule has 4 rings (SSSR count). The summed E-state index contributed by atoms with van der Waals surface area (Å²) in [6.45, 7) is 4.22. The van der Waals surface area contributed by atoms with Crippen LogP contribution in [0.15, 0.2) is 29.2 Å². The van der Waals surface area contributed by atoms with Crippen molar-refractivity contribution in [3.05, 3.63) is 39.9 Å². The molecule has 33 heavy (non-hydrogen) atoms. The van der Waals surface area contributed by atoms with Crippen molar-refractivity contribution in [2.45, 2.75) is 51.1 Å². The standard InChI is InChI=1S/C22H28ClFN6O3/c1-22(2,33)7-9-30-17-10-13(4-5-16(17)28(3)21(30)32)26-19-14(23)11-25-20(27-19)29-8-6-18(31)15(24)12-29/h4-5,10-11,15,18,31,33H,6-9,12H2,1-3H3,(H,25,26,27). The molecule has 1 aliphatic rings. The second-order valence-corrected chi connectivity index (χ2v) is 9.48. The number of fused-ring (bicyclic) bond motifs is 1. The summed E-state index contributed by atoms with van der Waals surface area (Å²) in [5.41, 5.74) is 1.07. The second kappa shape index (κ2) is 8.92. The molecule has 9 nitrogen and oxygen atoms in total. The Hall–Kier alpha value is -2.69. The van der Waals surface area contributed by atoms with Gasteiger partial charge in [0.2, 0.25) is 5.95 Å². The molecule has 1 saturated heterocycles. The molecule has 0 spiro atoms. The first kappa shape index (κ1) is 23.5. The summed E-state index contributed by atoms with van der Waals surface area (Å²) in [6.07, 6.45) is -0.174. The Morgan fingerprint density at radius 2 is 2.09 bits per heavy atom. The van der Waals surface area contributed by atoms with Crippen molar-refractivity contribution in [2.24, 2.45) is 7.05 Å². The van der Waals surface area contributed by atoms with Crippen LogP contribution in [-0.2, 0) is 13.6 Å². The zero-order valence-corrected chi connectivity index (χ0v) is 19.6. The van der Waals surface area contributed by atoms with Gasteiger partial charge in [-0.25, -0.2) is 14.2 Å². The van der Waals surface area contributed by atoms with Crippen molar-refractivity contribution in [2.75, 3.05) is 23.3 Å². The van der Waals surface area contributed by atoms with Gasteiger partial charge in [0.15, 0.2) is 5.82 Å². The van der Waals surface area contributed by atoms with E-state index in [1.807, 2.05) is 18.2 Å². The summed E-state index contributed by atoms with van der Waals surface area (Å²) < 4.78 is 17.2. The fourth-order valence-corrected chi connectivity index (χ4v) is 4.04. The van der Waals surface area contributed by atoms with Crippen LogP contribution in [0.4, 0.5) is 21.8 Å². The van der Waals surface area contributed by atoms with Gasteiger partial charge in [0.25, 0.3) is 0 Å². The highest BCUT2D eigenvalue weighted by Gasteiger charge is 2.29. The van der Waals surface area contributed by atoms with E-state index in [2.05, 4.69) is 15.3 Å². The first-order valence-corrected chi connectivity index (χ1v) is 11.2. The molecule has 0 aliphatic carbocycles. The number of hydrogen-bond acceptors (Lipinski definition) is 7. The second-order valence-electron chi connectivity index (χ2n) is 9.07. The fourth-order valence-electron chi connectivity index (χ4n) is 3.90. The van der Waals surface area contributed by atoms with E-state index in [0.717, 1.165) is 5.52 Å². The van der Waals surface area contributed by atoms with Gasteiger partial charge in [-0.2, -0.15) is 4.98 Å².